The summed E-state index contributed by atoms with van der Waals surface area (Å²) in [7, 11) is -2.43. The van der Waals surface area contributed by atoms with Crippen LogP contribution in [0, 0.1) is 0 Å². The molecule has 0 amide bonds. The van der Waals surface area contributed by atoms with Crippen molar-refractivity contribution in [1.29, 1.82) is 0 Å². The highest BCUT2D eigenvalue weighted by molar-refractivity contribution is 6.77. The minimum absolute atomic E-state index is 0.108. The second-order valence-corrected chi connectivity index (χ2v) is 12.1. The van der Waals surface area contributed by atoms with E-state index in [4.69, 9.17) is 0 Å². The van der Waals surface area contributed by atoms with E-state index < -0.39 is 25.4 Å². The largest absolute Gasteiger partial charge is 0.421 e. The monoisotopic (exact) mass is 338 g/mol. The van der Waals surface area contributed by atoms with E-state index in [1.54, 1.807) is 36.4 Å². The zero-order valence-electron chi connectivity index (χ0n) is 13.4. The second-order valence-electron chi connectivity index (χ2n) is 6.84. The Morgan fingerprint density at radius 2 is 1.26 bits per heavy atom. The maximum Gasteiger partial charge on any atom is 0.421 e. The number of rotatable bonds is 4. The van der Waals surface area contributed by atoms with Crippen molar-refractivity contribution in [3.8, 4) is 0 Å². The van der Waals surface area contributed by atoms with E-state index in [9.17, 15) is 18.3 Å². The van der Waals surface area contributed by atoms with Gasteiger partial charge >= 0.3 is 6.18 Å². The van der Waals surface area contributed by atoms with Crippen LogP contribution in [-0.2, 0) is 5.60 Å². The molecule has 0 spiro atoms. The molecule has 0 saturated carbocycles. The fourth-order valence-corrected chi connectivity index (χ4v) is 5.98. The fraction of sp³-hybridized carbons (Fsp3) is 0.333. The minimum Gasteiger partial charge on any atom is -0.376 e. The molecule has 23 heavy (non-hydrogen) atoms. The molecule has 0 radical (unpaired) electrons. The summed E-state index contributed by atoms with van der Waals surface area (Å²) in [6, 6.07) is 15.9. The quantitative estimate of drug-likeness (QED) is 0.769. The Kier molecular flexibility index (Phi) is 4.73. The molecule has 0 aromatic heterocycles. The first kappa shape index (κ1) is 17.8. The highest BCUT2D eigenvalue weighted by Crippen LogP contribution is 2.52. The van der Waals surface area contributed by atoms with Gasteiger partial charge in [0.1, 0.15) is 0 Å². The molecule has 2 atom stereocenters. The lowest BCUT2D eigenvalue weighted by Crippen LogP contribution is -2.55. The molecule has 0 fully saturated rings. The van der Waals surface area contributed by atoms with Gasteiger partial charge in [0.2, 0.25) is 0 Å². The average molecular weight is 338 g/mol. The van der Waals surface area contributed by atoms with Crippen LogP contribution in [0.15, 0.2) is 60.7 Å². The number of benzene rings is 2. The lowest BCUT2D eigenvalue weighted by atomic mass is 9.85. The predicted molar refractivity (Wildman–Crippen MR) is 88.9 cm³/mol. The Morgan fingerprint density at radius 3 is 1.65 bits per heavy atom. The van der Waals surface area contributed by atoms with Crippen LogP contribution in [0.25, 0.3) is 0 Å². The third-order valence-corrected chi connectivity index (χ3v) is 6.55. The molecule has 124 valence electrons. The molecule has 0 saturated heterocycles. The minimum atomic E-state index is -4.77. The Bertz CT molecular complexity index is 635. The van der Waals surface area contributed by atoms with Crippen LogP contribution in [0.2, 0.25) is 19.6 Å². The van der Waals surface area contributed by atoms with Crippen molar-refractivity contribution in [2.75, 3.05) is 0 Å². The molecule has 2 aromatic rings. The summed E-state index contributed by atoms with van der Waals surface area (Å²) >= 11 is 0. The van der Waals surface area contributed by atoms with E-state index >= 15 is 0 Å². The first-order valence-electron chi connectivity index (χ1n) is 7.48. The molecule has 2 unspecified atom stereocenters. The van der Waals surface area contributed by atoms with Crippen molar-refractivity contribution < 1.29 is 18.3 Å². The molecular weight excluding hydrogens is 317 g/mol. The first-order chi connectivity index (χ1) is 10.6. The zero-order valence-corrected chi connectivity index (χ0v) is 14.4. The molecule has 2 aromatic carbocycles. The van der Waals surface area contributed by atoms with Gasteiger partial charge in [0.25, 0.3) is 0 Å². The first-order valence-corrected chi connectivity index (χ1v) is 11.1. The van der Waals surface area contributed by atoms with Crippen LogP contribution in [0.5, 0.6) is 0 Å². The van der Waals surface area contributed by atoms with Gasteiger partial charge in [-0.2, -0.15) is 13.2 Å². The van der Waals surface area contributed by atoms with E-state index in [2.05, 4.69) is 0 Å². The van der Waals surface area contributed by atoms with Crippen molar-refractivity contribution >= 4 is 8.07 Å². The van der Waals surface area contributed by atoms with E-state index in [0.717, 1.165) is 0 Å². The molecule has 5 heteroatoms. The van der Waals surface area contributed by atoms with Gasteiger partial charge in [0.15, 0.2) is 5.60 Å². The van der Waals surface area contributed by atoms with E-state index in [1.807, 2.05) is 19.6 Å². The third kappa shape index (κ3) is 3.35. The smallest absolute Gasteiger partial charge is 0.376 e. The number of alkyl halides is 3. The number of hydrogen-bond acceptors (Lipinski definition) is 1. The molecule has 2 rings (SSSR count). The highest BCUT2D eigenvalue weighted by Gasteiger charge is 2.62. The maximum atomic E-state index is 14.0. The van der Waals surface area contributed by atoms with Crippen molar-refractivity contribution in [2.24, 2.45) is 0 Å². The van der Waals surface area contributed by atoms with Crippen LogP contribution < -0.4 is 0 Å². The zero-order chi connectivity index (χ0) is 17.3. The Morgan fingerprint density at radius 1 is 0.826 bits per heavy atom. The lowest BCUT2D eigenvalue weighted by molar-refractivity contribution is -0.269. The van der Waals surface area contributed by atoms with Crippen molar-refractivity contribution in [2.45, 2.75) is 37.0 Å². The van der Waals surface area contributed by atoms with Gasteiger partial charge in [0.05, 0.1) is 8.07 Å². The summed E-state index contributed by atoms with van der Waals surface area (Å²) in [4.78, 5) is 0. The molecule has 1 N–H and O–H groups in total. The van der Waals surface area contributed by atoms with E-state index in [-0.39, 0.29) is 5.56 Å². The van der Waals surface area contributed by atoms with Gasteiger partial charge in [-0.1, -0.05) is 80.3 Å². The van der Waals surface area contributed by atoms with Crippen LogP contribution in [0.1, 0.15) is 16.7 Å². The molecule has 0 aliphatic carbocycles. The molecule has 0 bridgehead atoms. The Labute approximate surface area is 135 Å². The summed E-state index contributed by atoms with van der Waals surface area (Å²) in [5, 5.41) is 11.0. The van der Waals surface area contributed by atoms with Crippen LogP contribution >= 0.6 is 0 Å². The van der Waals surface area contributed by atoms with Gasteiger partial charge in [-0.15, -0.1) is 0 Å². The van der Waals surface area contributed by atoms with Gasteiger partial charge in [-0.05, 0) is 11.1 Å². The van der Waals surface area contributed by atoms with Gasteiger partial charge < -0.3 is 5.11 Å². The van der Waals surface area contributed by atoms with Crippen LogP contribution in [-0.4, -0.2) is 19.4 Å². The van der Waals surface area contributed by atoms with Crippen molar-refractivity contribution in [3.05, 3.63) is 71.8 Å². The Hall–Kier alpha value is -1.59. The maximum absolute atomic E-state index is 14.0. The normalized spacial score (nSPS) is 16.7. The third-order valence-electron chi connectivity index (χ3n) is 4.06. The standard InChI is InChI=1S/C18H21F3OSi/c1-23(2,3)16(14-10-6-4-7-11-14)17(22,18(19,20)21)15-12-8-5-9-13-15/h4-13,16,22H,1-3H3. The molecule has 1 nitrogen and oxygen atoms in total. The fourth-order valence-electron chi connectivity index (χ4n) is 3.20. The highest BCUT2D eigenvalue weighted by atomic mass is 28.3. The molecule has 0 aliphatic rings. The summed E-state index contributed by atoms with van der Waals surface area (Å²) in [6.07, 6.45) is -4.77. The summed E-state index contributed by atoms with van der Waals surface area (Å²) in [5.74, 6) is 0. The summed E-state index contributed by atoms with van der Waals surface area (Å²) in [5.41, 5.74) is -3.49. The number of halogens is 3. The van der Waals surface area contributed by atoms with E-state index in [0.29, 0.717) is 5.56 Å². The summed E-state index contributed by atoms with van der Waals surface area (Å²) in [6.45, 7) is 5.55. The van der Waals surface area contributed by atoms with Crippen LogP contribution in [0.3, 0.4) is 0 Å². The second kappa shape index (κ2) is 6.13. The van der Waals surface area contributed by atoms with Crippen molar-refractivity contribution in [3.63, 3.8) is 0 Å². The summed E-state index contributed by atoms with van der Waals surface area (Å²) < 4.78 is 42.1. The average Bonchev–Trinajstić information content (AvgIpc) is 2.46. The number of aliphatic hydroxyl groups is 1. The SMILES string of the molecule is C[Si](C)(C)C(c1ccccc1)C(O)(c1ccccc1)C(F)(F)F. The van der Waals surface area contributed by atoms with Gasteiger partial charge in [-0.3, -0.25) is 0 Å². The molecule has 0 aliphatic heterocycles. The van der Waals surface area contributed by atoms with Gasteiger partial charge in [0, 0.05) is 5.54 Å². The van der Waals surface area contributed by atoms with Crippen LogP contribution in [0.4, 0.5) is 13.2 Å². The van der Waals surface area contributed by atoms with Gasteiger partial charge in [-0.25, -0.2) is 0 Å². The lowest BCUT2D eigenvalue weighted by Gasteiger charge is -2.44. The number of hydrogen-bond donors (Lipinski definition) is 1. The molecule has 0 heterocycles. The predicted octanol–water partition coefficient (Wildman–Crippen LogP) is 5.10. The van der Waals surface area contributed by atoms with Crippen molar-refractivity contribution in [1.82, 2.24) is 0 Å². The van der Waals surface area contributed by atoms with E-state index in [1.165, 1.54) is 24.3 Å². The Balaban J connectivity index is 2.74. The topological polar surface area (TPSA) is 20.2 Å². The molecular formula is C18H21F3OSi.